The first kappa shape index (κ1) is 4.97. The molecule has 2 nitrogen and oxygen atoms in total. The van der Waals surface area contributed by atoms with Crippen molar-refractivity contribution < 1.29 is 0 Å². The minimum Gasteiger partial charge on any atom is -0.263 e. The Kier molecular flexibility index (Phi) is 1.80. The van der Waals surface area contributed by atoms with Crippen LogP contribution in [0.3, 0.4) is 0 Å². The highest BCUT2D eigenvalue weighted by molar-refractivity contribution is 6.16. The van der Waals surface area contributed by atoms with E-state index in [0.29, 0.717) is 0 Å². The van der Waals surface area contributed by atoms with Gasteiger partial charge in [-0.3, -0.25) is 9.98 Å². The molecular formula is C6H6N2. The van der Waals surface area contributed by atoms with E-state index >= 15 is 0 Å². The van der Waals surface area contributed by atoms with Crippen LogP contribution in [0.15, 0.2) is 34.5 Å². The Labute approximate surface area is 48.0 Å². The molecule has 0 N–H and O–H groups in total. The van der Waals surface area contributed by atoms with Crippen LogP contribution in [0, 0.1) is 0 Å². The van der Waals surface area contributed by atoms with Crippen molar-refractivity contribution in [3.05, 3.63) is 24.6 Å². The number of hydrogen-bond donors (Lipinski definition) is 0. The van der Waals surface area contributed by atoms with Gasteiger partial charge in [-0.25, -0.2) is 0 Å². The van der Waals surface area contributed by atoms with Crippen LogP contribution in [0.4, 0.5) is 0 Å². The molecule has 0 spiro atoms. The fourth-order valence-corrected chi connectivity index (χ4v) is 0.375. The molecule has 0 fully saturated rings. The van der Waals surface area contributed by atoms with Gasteiger partial charge in [0.1, 0.15) is 0 Å². The summed E-state index contributed by atoms with van der Waals surface area (Å²) in [6, 6.07) is 0. The summed E-state index contributed by atoms with van der Waals surface area (Å²) in [6.45, 7) is 0. The van der Waals surface area contributed by atoms with Crippen LogP contribution in [0.1, 0.15) is 0 Å². The Balaban J connectivity index is 2.67. The monoisotopic (exact) mass is 106 g/mol. The molecule has 0 atom stereocenters. The highest BCUT2D eigenvalue weighted by Crippen LogP contribution is 1.80. The molecule has 1 aliphatic rings. The molecule has 0 aliphatic carbocycles. The zero-order chi connectivity index (χ0) is 5.66. The predicted octanol–water partition coefficient (Wildman–Crippen LogP) is 1.17. The average molecular weight is 106 g/mol. The van der Waals surface area contributed by atoms with Crippen molar-refractivity contribution >= 4 is 12.4 Å². The second-order valence-electron chi connectivity index (χ2n) is 1.28. The number of rotatable bonds is 0. The standard InChI is InChI=1S/C6H6N2/c1-2-4-8-6-5-7-3-1/h1-6H/b2-1?,3-1-,4-2-,6-5?,7-3?,7-5-,8-4?,8-6-. The van der Waals surface area contributed by atoms with Gasteiger partial charge < -0.3 is 0 Å². The number of hydrogen-bond acceptors (Lipinski definition) is 2. The first-order chi connectivity index (χ1) is 4.00. The third-order valence-corrected chi connectivity index (χ3v) is 0.694. The van der Waals surface area contributed by atoms with E-state index in [4.69, 9.17) is 0 Å². The quantitative estimate of drug-likeness (QED) is 0.443. The van der Waals surface area contributed by atoms with Crippen LogP contribution in [0.5, 0.6) is 0 Å². The molecule has 0 saturated carbocycles. The summed E-state index contributed by atoms with van der Waals surface area (Å²) in [4.78, 5) is 7.65. The fraction of sp³-hybridized carbons (Fsp3) is 0. The molecule has 0 saturated heterocycles. The van der Waals surface area contributed by atoms with E-state index in [0.717, 1.165) is 0 Å². The van der Waals surface area contributed by atoms with Gasteiger partial charge in [-0.2, -0.15) is 0 Å². The maximum Gasteiger partial charge on any atom is 0.0450 e. The molecule has 0 aromatic rings. The number of nitrogens with zero attached hydrogens (tertiary/aromatic N) is 2. The molecule has 0 unspecified atom stereocenters. The smallest absolute Gasteiger partial charge is 0.0450 e. The third-order valence-electron chi connectivity index (χ3n) is 0.694. The molecule has 8 heavy (non-hydrogen) atoms. The van der Waals surface area contributed by atoms with Crippen molar-refractivity contribution in [3.8, 4) is 0 Å². The fourth-order valence-electron chi connectivity index (χ4n) is 0.375. The minimum atomic E-state index is 1.64. The SMILES string of the molecule is C1=C\N=C/C=N\C=C/1. The summed E-state index contributed by atoms with van der Waals surface area (Å²) < 4.78 is 0. The van der Waals surface area contributed by atoms with E-state index in [2.05, 4.69) is 9.98 Å². The Morgan fingerprint density at radius 2 is 1.25 bits per heavy atom. The van der Waals surface area contributed by atoms with Crippen LogP contribution in [0.25, 0.3) is 0 Å². The molecule has 0 aromatic carbocycles. The van der Waals surface area contributed by atoms with E-state index in [9.17, 15) is 0 Å². The van der Waals surface area contributed by atoms with Crippen LogP contribution in [-0.2, 0) is 0 Å². The second kappa shape index (κ2) is 2.91. The first-order valence-electron chi connectivity index (χ1n) is 2.37. The van der Waals surface area contributed by atoms with Gasteiger partial charge in [0.25, 0.3) is 0 Å². The molecule has 2 heteroatoms. The molecule has 0 radical (unpaired) electrons. The van der Waals surface area contributed by atoms with Gasteiger partial charge >= 0.3 is 0 Å². The van der Waals surface area contributed by atoms with Gasteiger partial charge in [-0.15, -0.1) is 0 Å². The Morgan fingerprint density at radius 1 is 0.750 bits per heavy atom. The lowest BCUT2D eigenvalue weighted by molar-refractivity contribution is 1.54. The van der Waals surface area contributed by atoms with E-state index in [1.54, 1.807) is 24.8 Å². The molecular weight excluding hydrogens is 100 g/mol. The highest BCUT2D eigenvalue weighted by Gasteiger charge is 1.66. The second-order valence-corrected chi connectivity index (χ2v) is 1.28. The van der Waals surface area contributed by atoms with Crippen molar-refractivity contribution in [3.63, 3.8) is 0 Å². The van der Waals surface area contributed by atoms with Gasteiger partial charge in [0, 0.05) is 24.8 Å². The van der Waals surface area contributed by atoms with Gasteiger partial charge in [0.2, 0.25) is 0 Å². The number of allylic oxidation sites excluding steroid dienone is 2. The number of aliphatic imine (C=N–C) groups is 2. The zero-order valence-corrected chi connectivity index (χ0v) is 4.36. The molecule has 0 amide bonds. The van der Waals surface area contributed by atoms with Gasteiger partial charge in [0.15, 0.2) is 0 Å². The molecule has 1 heterocycles. The highest BCUT2D eigenvalue weighted by atomic mass is 14.7. The van der Waals surface area contributed by atoms with Crippen molar-refractivity contribution in [2.24, 2.45) is 9.98 Å². The van der Waals surface area contributed by atoms with Crippen LogP contribution < -0.4 is 0 Å². The van der Waals surface area contributed by atoms with Crippen LogP contribution in [0.2, 0.25) is 0 Å². The lowest BCUT2D eigenvalue weighted by Crippen LogP contribution is -1.72. The summed E-state index contributed by atoms with van der Waals surface area (Å²) in [5.41, 5.74) is 0. The molecule has 0 bridgehead atoms. The van der Waals surface area contributed by atoms with Crippen LogP contribution in [-0.4, -0.2) is 12.4 Å². The summed E-state index contributed by atoms with van der Waals surface area (Å²) in [5, 5.41) is 0. The normalized spacial score (nSPS) is 32.0. The minimum absolute atomic E-state index is 1.64. The summed E-state index contributed by atoms with van der Waals surface area (Å²) in [5.74, 6) is 0. The summed E-state index contributed by atoms with van der Waals surface area (Å²) in [7, 11) is 0. The van der Waals surface area contributed by atoms with Crippen molar-refractivity contribution in [2.45, 2.75) is 0 Å². The average Bonchev–Trinajstić information content (AvgIpc) is 1.62. The van der Waals surface area contributed by atoms with Gasteiger partial charge in [0.05, 0.1) is 0 Å². The summed E-state index contributed by atoms with van der Waals surface area (Å²) >= 11 is 0. The molecule has 0 aromatic heterocycles. The van der Waals surface area contributed by atoms with E-state index in [1.165, 1.54) is 0 Å². The van der Waals surface area contributed by atoms with Crippen LogP contribution >= 0.6 is 0 Å². The largest absolute Gasteiger partial charge is 0.263 e. The maximum absolute atomic E-state index is 3.82. The predicted molar refractivity (Wildman–Crippen MR) is 35.3 cm³/mol. The topological polar surface area (TPSA) is 24.7 Å². The van der Waals surface area contributed by atoms with Crippen molar-refractivity contribution in [2.75, 3.05) is 0 Å². The van der Waals surface area contributed by atoms with Gasteiger partial charge in [-0.1, -0.05) is 0 Å². The van der Waals surface area contributed by atoms with E-state index in [1.807, 2.05) is 12.2 Å². The van der Waals surface area contributed by atoms with Crippen molar-refractivity contribution in [1.82, 2.24) is 0 Å². The molecule has 1 aliphatic heterocycles. The van der Waals surface area contributed by atoms with Gasteiger partial charge in [-0.05, 0) is 12.2 Å². The summed E-state index contributed by atoms with van der Waals surface area (Å²) in [6.07, 6.45) is 10.4. The van der Waals surface area contributed by atoms with Crippen molar-refractivity contribution in [1.29, 1.82) is 0 Å². The zero-order valence-electron chi connectivity index (χ0n) is 4.36. The van der Waals surface area contributed by atoms with E-state index < -0.39 is 0 Å². The Hall–Kier alpha value is -1.18. The molecule has 1 rings (SSSR count). The maximum atomic E-state index is 3.82. The molecule has 40 valence electrons. The Bertz CT molecular complexity index is 107. The lowest BCUT2D eigenvalue weighted by Gasteiger charge is -1.77. The van der Waals surface area contributed by atoms with E-state index in [-0.39, 0.29) is 0 Å². The third kappa shape index (κ3) is 1.51. The first-order valence-corrected chi connectivity index (χ1v) is 2.37. The lowest BCUT2D eigenvalue weighted by atomic mass is 10.5. The Morgan fingerprint density at radius 3 is 1.75 bits per heavy atom.